The third-order valence-corrected chi connectivity index (χ3v) is 14.1. The maximum absolute atomic E-state index is 13.5. The largest absolute Gasteiger partial charge is 0.506 e. The number of fused-ring (bicyclic) bond motifs is 4. The Morgan fingerprint density at radius 1 is 1.12 bits per heavy atom. The Morgan fingerprint density at radius 3 is 2.71 bits per heavy atom. The van der Waals surface area contributed by atoms with E-state index in [2.05, 4.69) is 59.2 Å². The van der Waals surface area contributed by atoms with Crippen LogP contribution in [0.1, 0.15) is 76.6 Å². The lowest BCUT2D eigenvalue weighted by Crippen LogP contribution is -2.42. The van der Waals surface area contributed by atoms with Gasteiger partial charge in [-0.3, -0.25) is 4.79 Å². The van der Waals surface area contributed by atoms with Gasteiger partial charge in [0.2, 0.25) is 11.2 Å². The Labute approximate surface area is 340 Å². The number of ether oxygens (including phenoxy) is 1. The molecule has 2 aromatic carbocycles. The van der Waals surface area contributed by atoms with Crippen LogP contribution in [0.5, 0.6) is 5.75 Å². The Bertz CT molecular complexity index is 2400. The van der Waals surface area contributed by atoms with Gasteiger partial charge in [0.05, 0.1) is 30.7 Å². The van der Waals surface area contributed by atoms with Crippen LogP contribution in [-0.4, -0.2) is 78.4 Å². The van der Waals surface area contributed by atoms with Gasteiger partial charge in [0.25, 0.3) is 0 Å². The molecule has 4 heterocycles. The quantitative estimate of drug-likeness (QED) is 0.0787. The number of nitrogens with zero attached hydrogens (tertiary/aromatic N) is 4. The highest BCUT2D eigenvalue weighted by atomic mass is 79.9. The van der Waals surface area contributed by atoms with E-state index in [1.165, 1.54) is 51.5 Å². The Kier molecular flexibility index (Phi) is 11.5. The maximum atomic E-state index is 13.5. The summed E-state index contributed by atoms with van der Waals surface area (Å²) in [5.41, 5.74) is 4.64. The minimum absolute atomic E-state index is 0.0326. The number of aromatic amines is 1. The highest BCUT2D eigenvalue weighted by Gasteiger charge is 2.45. The standard InChI is InChI=1S/C41H45BrN6O6S2/c1-47(25-8-10-26(11-9-25)54-40(52)41(53,34-7-3-20-55-34)35-15-16-36(42)56-35)18-4-19-48-39-30-6-2-5-27(30)24(21-31(39)45-46-48)22-43-23-33(50)28-12-14-32(49)38-29(28)13-17-37(51)44-38/h3,7,12-17,20-21,25-26,33,43,49-50,53H,2,4-6,8-11,18-19,22-23H2,1H3,(H,44,51)/t25?,26?,33-,41?/m0/s1. The number of rotatable bonds is 14. The van der Waals surface area contributed by atoms with Crippen LogP contribution in [0.4, 0.5) is 0 Å². The summed E-state index contributed by atoms with van der Waals surface area (Å²) in [4.78, 5) is 31.5. The molecule has 0 radical (unpaired) electrons. The van der Waals surface area contributed by atoms with E-state index in [0.29, 0.717) is 45.4 Å². The summed E-state index contributed by atoms with van der Waals surface area (Å²) < 4.78 is 8.90. The van der Waals surface area contributed by atoms with Gasteiger partial charge in [-0.25, -0.2) is 9.48 Å². The maximum Gasteiger partial charge on any atom is 0.349 e. The van der Waals surface area contributed by atoms with E-state index in [-0.39, 0.29) is 17.4 Å². The van der Waals surface area contributed by atoms with Crippen LogP contribution in [0, 0.1) is 0 Å². The van der Waals surface area contributed by atoms with Gasteiger partial charge in [-0.2, -0.15) is 0 Å². The lowest BCUT2D eigenvalue weighted by atomic mass is 9.91. The van der Waals surface area contributed by atoms with E-state index in [9.17, 15) is 24.9 Å². The molecule has 0 aliphatic heterocycles. The molecule has 6 aromatic rings. The number of thiophene rings is 2. The average Bonchev–Trinajstić information content (AvgIpc) is 4.03. The lowest BCUT2D eigenvalue weighted by Gasteiger charge is -2.35. The van der Waals surface area contributed by atoms with Crippen molar-refractivity contribution in [3.05, 3.63) is 106 Å². The molecular formula is C41H45BrN6O6S2. The molecule has 0 amide bonds. The summed E-state index contributed by atoms with van der Waals surface area (Å²) in [6, 6.07) is 15.9. The first-order valence-corrected chi connectivity index (χ1v) is 21.6. The molecule has 15 heteroatoms. The SMILES string of the molecule is CN(CCCn1nnc2cc(CNC[C@H](O)c3ccc(O)c4[nH]c(=O)ccc34)c3c(c21)CCC3)C1CCC(OC(=O)C(O)(c2cccs2)c2ccc(Br)s2)CC1. The van der Waals surface area contributed by atoms with Gasteiger partial charge in [-0.1, -0.05) is 17.3 Å². The molecule has 4 aromatic heterocycles. The summed E-state index contributed by atoms with van der Waals surface area (Å²) >= 11 is 6.14. The van der Waals surface area contributed by atoms with Crippen molar-refractivity contribution in [2.24, 2.45) is 0 Å². The number of benzene rings is 2. The Balaban J connectivity index is 0.843. The second kappa shape index (κ2) is 16.5. The number of halogens is 1. The third-order valence-electron chi connectivity index (χ3n) is 11.4. The molecule has 0 spiro atoms. The molecule has 2 aliphatic carbocycles. The summed E-state index contributed by atoms with van der Waals surface area (Å²) in [5, 5.41) is 48.1. The van der Waals surface area contributed by atoms with Crippen molar-refractivity contribution in [2.45, 2.75) is 88.3 Å². The number of nitrogens with one attached hydrogen (secondary N) is 2. The number of carbonyl (C=O) groups is 1. The number of aryl methyl sites for hydroxylation is 2. The van der Waals surface area contributed by atoms with Gasteiger partial charge in [0, 0.05) is 37.1 Å². The molecule has 1 saturated carbocycles. The number of phenols is 1. The number of pyridine rings is 1. The van der Waals surface area contributed by atoms with Crippen molar-refractivity contribution in [1.82, 2.24) is 30.2 Å². The number of carbonyl (C=O) groups excluding carboxylic acids is 1. The van der Waals surface area contributed by atoms with E-state index >= 15 is 0 Å². The third kappa shape index (κ3) is 7.70. The zero-order chi connectivity index (χ0) is 39.0. The van der Waals surface area contributed by atoms with Crippen molar-refractivity contribution in [3.63, 3.8) is 0 Å². The predicted octanol–water partition coefficient (Wildman–Crippen LogP) is 6.29. The van der Waals surface area contributed by atoms with Gasteiger partial charge in [-0.05, 0) is 145 Å². The zero-order valence-electron chi connectivity index (χ0n) is 31.0. The van der Waals surface area contributed by atoms with E-state index in [0.717, 1.165) is 79.3 Å². The number of phenolic OH excluding ortho intramolecular Hbond substituents is 1. The molecule has 1 fully saturated rings. The molecule has 0 saturated heterocycles. The van der Waals surface area contributed by atoms with Gasteiger partial charge in [0.15, 0.2) is 0 Å². The van der Waals surface area contributed by atoms with Crippen molar-refractivity contribution in [2.75, 3.05) is 20.1 Å². The number of hydrogen-bond acceptors (Lipinski definition) is 12. The minimum Gasteiger partial charge on any atom is -0.506 e. The van der Waals surface area contributed by atoms with Crippen LogP contribution in [0.3, 0.4) is 0 Å². The number of H-pyrrole nitrogens is 1. The van der Waals surface area contributed by atoms with Crippen molar-refractivity contribution >= 4 is 66.5 Å². The first kappa shape index (κ1) is 38.9. The molecule has 0 bridgehead atoms. The molecular weight excluding hydrogens is 817 g/mol. The van der Waals surface area contributed by atoms with Crippen LogP contribution >= 0.6 is 38.6 Å². The molecule has 2 aliphatic rings. The Hall–Kier alpha value is -3.96. The van der Waals surface area contributed by atoms with E-state index in [1.807, 2.05) is 17.5 Å². The smallest absolute Gasteiger partial charge is 0.349 e. The highest BCUT2D eigenvalue weighted by molar-refractivity contribution is 9.11. The van der Waals surface area contributed by atoms with Crippen molar-refractivity contribution < 1.29 is 24.9 Å². The summed E-state index contributed by atoms with van der Waals surface area (Å²) in [6.07, 6.45) is 6.23. The van der Waals surface area contributed by atoms with E-state index < -0.39 is 17.7 Å². The summed E-state index contributed by atoms with van der Waals surface area (Å²) in [6.45, 7) is 2.53. The highest BCUT2D eigenvalue weighted by Crippen LogP contribution is 2.40. The topological polar surface area (TPSA) is 166 Å². The number of hydrogen-bond donors (Lipinski definition) is 5. The minimum atomic E-state index is -1.82. The normalized spacial score (nSPS) is 18.7. The Morgan fingerprint density at radius 2 is 1.95 bits per heavy atom. The van der Waals surface area contributed by atoms with Crippen LogP contribution in [0.15, 0.2) is 68.6 Å². The second-order valence-electron chi connectivity index (χ2n) is 14.9. The molecule has 12 nitrogen and oxygen atoms in total. The van der Waals surface area contributed by atoms with Crippen LogP contribution in [0.2, 0.25) is 0 Å². The fourth-order valence-corrected chi connectivity index (χ4v) is 10.8. The molecule has 5 N–H and O–H groups in total. The number of aromatic nitrogens is 4. The fourth-order valence-electron chi connectivity index (χ4n) is 8.47. The first-order valence-electron chi connectivity index (χ1n) is 19.1. The second-order valence-corrected chi connectivity index (χ2v) is 18.3. The predicted molar refractivity (Wildman–Crippen MR) is 221 cm³/mol. The molecule has 294 valence electrons. The summed E-state index contributed by atoms with van der Waals surface area (Å²) in [5.74, 6) is -0.644. The van der Waals surface area contributed by atoms with Gasteiger partial charge in [0.1, 0.15) is 17.4 Å². The van der Waals surface area contributed by atoms with Crippen molar-refractivity contribution in [1.29, 1.82) is 0 Å². The number of esters is 1. The van der Waals surface area contributed by atoms with Gasteiger partial charge in [-0.15, -0.1) is 27.8 Å². The summed E-state index contributed by atoms with van der Waals surface area (Å²) in [7, 11) is 2.17. The van der Waals surface area contributed by atoms with Crippen LogP contribution < -0.4 is 10.9 Å². The van der Waals surface area contributed by atoms with Crippen LogP contribution in [-0.2, 0) is 41.1 Å². The van der Waals surface area contributed by atoms with E-state index in [4.69, 9.17) is 4.74 Å². The monoisotopic (exact) mass is 860 g/mol. The molecule has 1 unspecified atom stereocenters. The number of aromatic hydroxyl groups is 1. The van der Waals surface area contributed by atoms with E-state index in [1.54, 1.807) is 24.3 Å². The first-order chi connectivity index (χ1) is 27.1. The zero-order valence-corrected chi connectivity index (χ0v) is 34.3. The fraction of sp³-hybridized carbons (Fsp3) is 0.415. The molecule has 56 heavy (non-hydrogen) atoms. The number of aliphatic hydroxyl groups is 2. The lowest BCUT2D eigenvalue weighted by molar-refractivity contribution is -0.169. The number of aliphatic hydroxyl groups excluding tert-OH is 1. The van der Waals surface area contributed by atoms with Crippen LogP contribution in [0.25, 0.3) is 21.9 Å². The average molecular weight is 862 g/mol. The van der Waals surface area contributed by atoms with Crippen molar-refractivity contribution in [3.8, 4) is 5.75 Å². The van der Waals surface area contributed by atoms with Gasteiger partial charge >= 0.3 is 5.97 Å². The van der Waals surface area contributed by atoms with Gasteiger partial charge < -0.3 is 35.3 Å². The molecule has 2 atom stereocenters. The molecule has 8 rings (SSSR count).